The highest BCUT2D eigenvalue weighted by Gasteiger charge is 2.31. The van der Waals surface area contributed by atoms with E-state index in [0.717, 1.165) is 17.8 Å². The Morgan fingerprint density at radius 1 is 1.75 bits per heavy atom. The normalized spacial score (nSPS) is 27.6. The molecule has 0 amide bonds. The molecule has 66 valence electrons. The molecule has 0 saturated carbocycles. The van der Waals surface area contributed by atoms with E-state index in [0.29, 0.717) is 0 Å². The highest BCUT2D eigenvalue weighted by Crippen LogP contribution is 2.27. The first-order valence-corrected chi connectivity index (χ1v) is 4.11. The molecule has 2 heterocycles. The molecule has 2 rings (SSSR count). The second-order valence-corrected chi connectivity index (χ2v) is 3.23. The van der Waals surface area contributed by atoms with Crippen LogP contribution < -0.4 is 5.32 Å². The molecule has 0 aliphatic carbocycles. The van der Waals surface area contributed by atoms with Crippen LogP contribution in [0, 0.1) is 6.92 Å². The molecule has 2 atom stereocenters. The molecule has 0 saturated heterocycles. The summed E-state index contributed by atoms with van der Waals surface area (Å²) in [5.74, 6) is 0. The zero-order chi connectivity index (χ0) is 8.72. The second kappa shape index (κ2) is 2.57. The van der Waals surface area contributed by atoms with E-state index in [2.05, 4.69) is 10.4 Å². The van der Waals surface area contributed by atoms with Crippen LogP contribution in [0.4, 0.5) is 0 Å². The Morgan fingerprint density at radius 2 is 2.50 bits per heavy atom. The predicted molar refractivity (Wildman–Crippen MR) is 44.8 cm³/mol. The van der Waals surface area contributed by atoms with Crippen molar-refractivity contribution < 1.29 is 5.11 Å². The molecule has 2 unspecified atom stereocenters. The Morgan fingerprint density at radius 3 is 3.08 bits per heavy atom. The fourth-order valence-electron chi connectivity index (χ4n) is 1.75. The van der Waals surface area contributed by atoms with E-state index in [4.69, 9.17) is 0 Å². The third-order valence-electron chi connectivity index (χ3n) is 2.47. The van der Waals surface area contributed by atoms with Gasteiger partial charge in [0.2, 0.25) is 0 Å². The zero-order valence-corrected chi connectivity index (χ0v) is 7.28. The first kappa shape index (κ1) is 7.76. The highest BCUT2D eigenvalue weighted by molar-refractivity contribution is 5.22. The van der Waals surface area contributed by atoms with E-state index in [-0.39, 0.29) is 6.04 Å². The van der Waals surface area contributed by atoms with Crippen LogP contribution in [0.25, 0.3) is 0 Å². The Hall–Kier alpha value is -0.870. The average Bonchev–Trinajstić information content (AvgIpc) is 2.55. The maximum atomic E-state index is 9.79. The molecule has 4 nitrogen and oxygen atoms in total. The van der Waals surface area contributed by atoms with Crippen LogP contribution in [0.2, 0.25) is 0 Å². The van der Waals surface area contributed by atoms with Gasteiger partial charge in [0.05, 0.1) is 24.5 Å². The summed E-state index contributed by atoms with van der Waals surface area (Å²) in [6, 6.07) is 0.118. The van der Waals surface area contributed by atoms with Gasteiger partial charge in [-0.2, -0.15) is 5.10 Å². The number of likely N-dealkylation sites (N-methyl/N-ethyl adjacent to an activating group) is 1. The number of aliphatic hydroxyl groups is 1. The molecule has 12 heavy (non-hydrogen) atoms. The first-order chi connectivity index (χ1) is 5.74. The third kappa shape index (κ3) is 0.884. The molecule has 1 aliphatic rings. The Bertz CT molecular complexity index is 294. The van der Waals surface area contributed by atoms with E-state index < -0.39 is 6.10 Å². The summed E-state index contributed by atoms with van der Waals surface area (Å²) in [6.45, 7) is 2.74. The number of rotatable bonds is 1. The number of aromatic nitrogens is 2. The van der Waals surface area contributed by atoms with Crippen molar-refractivity contribution in [2.75, 3.05) is 7.05 Å². The minimum Gasteiger partial charge on any atom is -0.385 e. The van der Waals surface area contributed by atoms with Gasteiger partial charge in [0.25, 0.3) is 0 Å². The van der Waals surface area contributed by atoms with Crippen molar-refractivity contribution >= 4 is 0 Å². The van der Waals surface area contributed by atoms with Crippen LogP contribution in [-0.2, 0) is 6.54 Å². The van der Waals surface area contributed by atoms with Crippen LogP contribution in [0.3, 0.4) is 0 Å². The van der Waals surface area contributed by atoms with Crippen LogP contribution in [0.1, 0.15) is 17.4 Å². The van der Waals surface area contributed by atoms with Crippen LogP contribution in [0.5, 0.6) is 0 Å². The Kier molecular flexibility index (Phi) is 1.66. The number of hydrogen-bond donors (Lipinski definition) is 2. The van der Waals surface area contributed by atoms with Gasteiger partial charge in [0.1, 0.15) is 6.10 Å². The van der Waals surface area contributed by atoms with Gasteiger partial charge in [0.15, 0.2) is 0 Å². The third-order valence-corrected chi connectivity index (χ3v) is 2.47. The number of fused-ring (bicyclic) bond motifs is 1. The minimum absolute atomic E-state index is 0.118. The molecule has 1 aromatic rings. The summed E-state index contributed by atoms with van der Waals surface area (Å²) in [4.78, 5) is 0. The van der Waals surface area contributed by atoms with Crippen LogP contribution in [-0.4, -0.2) is 28.0 Å². The zero-order valence-electron chi connectivity index (χ0n) is 7.28. The molecule has 1 aliphatic heterocycles. The molecule has 0 radical (unpaired) electrons. The van der Waals surface area contributed by atoms with Gasteiger partial charge in [-0.25, -0.2) is 0 Å². The topological polar surface area (TPSA) is 50.1 Å². The standard InChI is InChI=1S/C8H13N3O/c1-5-3-10-11-4-6(9-2)8(12)7(5)11/h3,6,8-9,12H,4H2,1-2H3. The van der Waals surface area contributed by atoms with Gasteiger partial charge in [-0.05, 0) is 19.5 Å². The molecule has 1 aromatic heterocycles. The molecule has 0 aromatic carbocycles. The summed E-state index contributed by atoms with van der Waals surface area (Å²) < 4.78 is 1.86. The maximum Gasteiger partial charge on any atom is 0.113 e. The monoisotopic (exact) mass is 167 g/mol. The second-order valence-electron chi connectivity index (χ2n) is 3.23. The average molecular weight is 167 g/mol. The fraction of sp³-hybridized carbons (Fsp3) is 0.625. The lowest BCUT2D eigenvalue weighted by atomic mass is 10.1. The minimum atomic E-state index is -0.405. The van der Waals surface area contributed by atoms with Crippen LogP contribution >= 0.6 is 0 Å². The first-order valence-electron chi connectivity index (χ1n) is 4.11. The van der Waals surface area contributed by atoms with Gasteiger partial charge < -0.3 is 10.4 Å². The number of nitrogens with one attached hydrogen (secondary N) is 1. The van der Waals surface area contributed by atoms with Crippen molar-refractivity contribution in [1.82, 2.24) is 15.1 Å². The Balaban J connectivity index is 2.37. The molecule has 0 fully saturated rings. The number of aliphatic hydroxyl groups excluding tert-OH is 1. The number of aryl methyl sites for hydroxylation is 1. The van der Waals surface area contributed by atoms with Crippen molar-refractivity contribution in [2.45, 2.75) is 25.6 Å². The van der Waals surface area contributed by atoms with E-state index in [1.165, 1.54) is 0 Å². The van der Waals surface area contributed by atoms with E-state index in [1.807, 2.05) is 18.7 Å². The lowest BCUT2D eigenvalue weighted by molar-refractivity contribution is 0.145. The van der Waals surface area contributed by atoms with E-state index >= 15 is 0 Å². The van der Waals surface area contributed by atoms with Gasteiger partial charge >= 0.3 is 0 Å². The maximum absolute atomic E-state index is 9.79. The smallest absolute Gasteiger partial charge is 0.113 e. The Labute approximate surface area is 71.2 Å². The molecule has 4 heteroatoms. The summed E-state index contributed by atoms with van der Waals surface area (Å²) in [5, 5.41) is 17.0. The number of nitrogens with zero attached hydrogens (tertiary/aromatic N) is 2. The van der Waals surface area contributed by atoms with Crippen molar-refractivity contribution in [3.63, 3.8) is 0 Å². The predicted octanol–water partition coefficient (Wildman–Crippen LogP) is -0.173. The van der Waals surface area contributed by atoms with E-state index in [1.54, 1.807) is 6.20 Å². The summed E-state index contributed by atoms with van der Waals surface area (Å²) in [5.41, 5.74) is 2.02. The quantitative estimate of drug-likeness (QED) is 0.610. The van der Waals surface area contributed by atoms with Crippen molar-refractivity contribution in [3.05, 3.63) is 17.5 Å². The van der Waals surface area contributed by atoms with Gasteiger partial charge in [-0.3, -0.25) is 4.68 Å². The largest absolute Gasteiger partial charge is 0.385 e. The molecule has 0 bridgehead atoms. The van der Waals surface area contributed by atoms with Crippen molar-refractivity contribution in [2.24, 2.45) is 0 Å². The summed E-state index contributed by atoms with van der Waals surface area (Å²) in [6.07, 6.45) is 1.39. The lowest BCUT2D eigenvalue weighted by Crippen LogP contribution is -2.30. The number of hydrogen-bond acceptors (Lipinski definition) is 3. The van der Waals surface area contributed by atoms with Gasteiger partial charge in [-0.15, -0.1) is 0 Å². The van der Waals surface area contributed by atoms with E-state index in [9.17, 15) is 5.11 Å². The van der Waals surface area contributed by atoms with Crippen molar-refractivity contribution in [1.29, 1.82) is 0 Å². The fourth-order valence-corrected chi connectivity index (χ4v) is 1.75. The lowest BCUT2D eigenvalue weighted by Gasteiger charge is -2.11. The molecule has 2 N–H and O–H groups in total. The summed E-state index contributed by atoms with van der Waals surface area (Å²) in [7, 11) is 1.86. The van der Waals surface area contributed by atoms with Crippen LogP contribution in [0.15, 0.2) is 6.20 Å². The van der Waals surface area contributed by atoms with Crippen molar-refractivity contribution in [3.8, 4) is 0 Å². The van der Waals surface area contributed by atoms with Gasteiger partial charge in [0, 0.05) is 0 Å². The summed E-state index contributed by atoms with van der Waals surface area (Å²) >= 11 is 0. The SMILES string of the molecule is CNC1Cn2ncc(C)c2C1O. The molecular formula is C8H13N3O. The highest BCUT2D eigenvalue weighted by atomic mass is 16.3. The molecular weight excluding hydrogens is 154 g/mol. The van der Waals surface area contributed by atoms with Gasteiger partial charge in [-0.1, -0.05) is 0 Å². The molecule has 0 spiro atoms.